The Balaban J connectivity index is 1.64. The number of rotatable bonds is 7. The predicted molar refractivity (Wildman–Crippen MR) is 96.6 cm³/mol. The van der Waals surface area contributed by atoms with Crippen LogP contribution < -0.4 is 14.8 Å². The SMILES string of the molecule is O=C(O)COc1ccc(NC(=O)c2ccnc(OC3CCOC3)c2)cc1Cl. The number of hydrogen-bond acceptors (Lipinski definition) is 6. The van der Waals surface area contributed by atoms with Crippen LogP contribution in [0.25, 0.3) is 0 Å². The normalized spacial score (nSPS) is 16.0. The number of pyridine rings is 1. The van der Waals surface area contributed by atoms with E-state index in [2.05, 4.69) is 10.3 Å². The van der Waals surface area contributed by atoms with Crippen LogP contribution >= 0.6 is 11.6 Å². The third-order valence-corrected chi connectivity index (χ3v) is 4.01. The molecular weight excluding hydrogens is 376 g/mol. The number of benzene rings is 1. The fourth-order valence-corrected chi connectivity index (χ4v) is 2.67. The highest BCUT2D eigenvalue weighted by Gasteiger charge is 2.18. The minimum Gasteiger partial charge on any atom is -0.480 e. The molecule has 2 N–H and O–H groups in total. The summed E-state index contributed by atoms with van der Waals surface area (Å²) in [4.78, 5) is 27.1. The number of hydrogen-bond donors (Lipinski definition) is 2. The zero-order chi connectivity index (χ0) is 19.2. The second kappa shape index (κ2) is 8.70. The Morgan fingerprint density at radius 2 is 2.19 bits per heavy atom. The Hall–Kier alpha value is -2.84. The molecule has 1 atom stereocenters. The van der Waals surface area contributed by atoms with Crippen molar-refractivity contribution >= 4 is 29.2 Å². The largest absolute Gasteiger partial charge is 0.480 e. The van der Waals surface area contributed by atoms with Crippen LogP contribution in [0.2, 0.25) is 5.02 Å². The molecule has 1 saturated heterocycles. The van der Waals surface area contributed by atoms with Gasteiger partial charge in [-0.05, 0) is 24.3 Å². The summed E-state index contributed by atoms with van der Waals surface area (Å²) in [5, 5.41) is 11.5. The van der Waals surface area contributed by atoms with Gasteiger partial charge in [0, 0.05) is 29.9 Å². The lowest BCUT2D eigenvalue weighted by atomic mass is 10.2. The van der Waals surface area contributed by atoms with Crippen molar-refractivity contribution in [3.8, 4) is 11.6 Å². The molecule has 0 radical (unpaired) electrons. The Morgan fingerprint density at radius 1 is 1.33 bits per heavy atom. The van der Waals surface area contributed by atoms with Crippen molar-refractivity contribution in [2.45, 2.75) is 12.5 Å². The number of ether oxygens (including phenoxy) is 3. The summed E-state index contributed by atoms with van der Waals surface area (Å²) in [6.07, 6.45) is 2.22. The number of halogens is 1. The second-order valence-corrected chi connectivity index (χ2v) is 6.18. The number of anilines is 1. The minimum atomic E-state index is -1.11. The van der Waals surface area contributed by atoms with Gasteiger partial charge in [-0.1, -0.05) is 11.6 Å². The first-order valence-corrected chi connectivity index (χ1v) is 8.55. The molecule has 1 aliphatic heterocycles. The first kappa shape index (κ1) is 18.9. The third-order valence-electron chi connectivity index (χ3n) is 3.71. The maximum atomic E-state index is 12.4. The number of carbonyl (C=O) groups is 2. The highest BCUT2D eigenvalue weighted by atomic mass is 35.5. The van der Waals surface area contributed by atoms with Crippen LogP contribution in [0.5, 0.6) is 11.6 Å². The number of amides is 1. The Morgan fingerprint density at radius 3 is 2.89 bits per heavy atom. The van der Waals surface area contributed by atoms with Crippen LogP contribution in [0.1, 0.15) is 16.8 Å². The van der Waals surface area contributed by atoms with Crippen LogP contribution in [-0.2, 0) is 9.53 Å². The molecule has 1 aliphatic rings. The number of carbonyl (C=O) groups excluding carboxylic acids is 1. The van der Waals surface area contributed by atoms with Gasteiger partial charge < -0.3 is 24.6 Å². The van der Waals surface area contributed by atoms with E-state index in [1.165, 1.54) is 18.3 Å². The lowest BCUT2D eigenvalue weighted by Gasteiger charge is -2.12. The number of carboxylic acid groups (broad SMARTS) is 1. The first-order valence-electron chi connectivity index (χ1n) is 8.17. The van der Waals surface area contributed by atoms with Crippen molar-refractivity contribution < 1.29 is 28.9 Å². The van der Waals surface area contributed by atoms with E-state index in [1.54, 1.807) is 18.2 Å². The molecule has 9 heteroatoms. The lowest BCUT2D eigenvalue weighted by molar-refractivity contribution is -0.139. The molecule has 0 spiro atoms. The summed E-state index contributed by atoms with van der Waals surface area (Å²) < 4.78 is 16.0. The van der Waals surface area contributed by atoms with Crippen molar-refractivity contribution in [3.63, 3.8) is 0 Å². The number of nitrogens with zero attached hydrogens (tertiary/aromatic N) is 1. The molecule has 1 aromatic heterocycles. The van der Waals surface area contributed by atoms with Gasteiger partial charge in [0.05, 0.1) is 18.2 Å². The van der Waals surface area contributed by atoms with E-state index in [0.29, 0.717) is 30.3 Å². The zero-order valence-electron chi connectivity index (χ0n) is 14.2. The Bertz CT molecular complexity index is 838. The first-order chi connectivity index (χ1) is 13.0. The minimum absolute atomic E-state index is 0.0621. The fourth-order valence-electron chi connectivity index (χ4n) is 2.43. The van der Waals surface area contributed by atoms with Crippen molar-refractivity contribution in [3.05, 3.63) is 47.1 Å². The van der Waals surface area contributed by atoms with Gasteiger partial charge in [-0.25, -0.2) is 9.78 Å². The molecule has 142 valence electrons. The van der Waals surface area contributed by atoms with Crippen molar-refractivity contribution in [1.82, 2.24) is 4.98 Å². The fraction of sp³-hybridized carbons (Fsp3) is 0.278. The van der Waals surface area contributed by atoms with Gasteiger partial charge in [0.1, 0.15) is 11.9 Å². The Kier molecular flexibility index (Phi) is 6.10. The van der Waals surface area contributed by atoms with Crippen LogP contribution in [0.4, 0.5) is 5.69 Å². The molecular formula is C18H17ClN2O6. The average molecular weight is 393 g/mol. The molecule has 2 aromatic rings. The second-order valence-electron chi connectivity index (χ2n) is 5.77. The number of carboxylic acids is 1. The predicted octanol–water partition coefficient (Wildman–Crippen LogP) is 2.62. The number of aliphatic carboxylic acids is 1. The summed E-state index contributed by atoms with van der Waals surface area (Å²) in [7, 11) is 0. The standard InChI is InChI=1S/C18H17ClN2O6/c19-14-8-12(1-2-15(14)26-10-17(22)23)21-18(24)11-3-5-20-16(7-11)27-13-4-6-25-9-13/h1-3,5,7-8,13H,4,6,9-10H2,(H,21,24)(H,22,23). The van der Waals surface area contributed by atoms with E-state index in [-0.39, 0.29) is 22.8 Å². The van der Waals surface area contributed by atoms with Gasteiger partial charge in [-0.3, -0.25) is 4.79 Å². The van der Waals surface area contributed by atoms with Crippen LogP contribution in [0.15, 0.2) is 36.5 Å². The highest BCUT2D eigenvalue weighted by Crippen LogP contribution is 2.28. The molecule has 0 bridgehead atoms. The van der Waals surface area contributed by atoms with Gasteiger partial charge in [0.25, 0.3) is 5.91 Å². The number of nitrogens with one attached hydrogen (secondary N) is 1. The molecule has 0 aliphatic carbocycles. The highest BCUT2D eigenvalue weighted by molar-refractivity contribution is 6.32. The smallest absolute Gasteiger partial charge is 0.341 e. The molecule has 1 amide bonds. The molecule has 8 nitrogen and oxygen atoms in total. The van der Waals surface area contributed by atoms with Crippen molar-refractivity contribution in [2.24, 2.45) is 0 Å². The molecule has 27 heavy (non-hydrogen) atoms. The average Bonchev–Trinajstić information content (AvgIpc) is 3.14. The van der Waals surface area contributed by atoms with E-state index in [1.807, 2.05) is 0 Å². The number of aromatic nitrogens is 1. The van der Waals surface area contributed by atoms with Crippen molar-refractivity contribution in [2.75, 3.05) is 25.1 Å². The zero-order valence-corrected chi connectivity index (χ0v) is 14.9. The van der Waals surface area contributed by atoms with Gasteiger partial charge >= 0.3 is 5.97 Å². The topological polar surface area (TPSA) is 107 Å². The van der Waals surface area contributed by atoms with Gasteiger partial charge in [0.2, 0.25) is 5.88 Å². The van der Waals surface area contributed by atoms with E-state index in [0.717, 1.165) is 6.42 Å². The van der Waals surface area contributed by atoms with Gasteiger partial charge in [-0.15, -0.1) is 0 Å². The summed E-state index contributed by atoms with van der Waals surface area (Å²) in [6.45, 7) is 0.655. The summed E-state index contributed by atoms with van der Waals surface area (Å²) in [5.74, 6) is -0.896. The maximum Gasteiger partial charge on any atom is 0.341 e. The summed E-state index contributed by atoms with van der Waals surface area (Å²) in [5.41, 5.74) is 0.817. The molecule has 3 rings (SSSR count). The quantitative estimate of drug-likeness (QED) is 0.745. The van der Waals surface area contributed by atoms with E-state index in [9.17, 15) is 9.59 Å². The lowest BCUT2D eigenvalue weighted by Crippen LogP contribution is -2.17. The maximum absolute atomic E-state index is 12.4. The van der Waals surface area contributed by atoms with Crippen LogP contribution in [0, 0.1) is 0 Å². The van der Waals surface area contributed by atoms with Crippen molar-refractivity contribution in [1.29, 1.82) is 0 Å². The van der Waals surface area contributed by atoms with E-state index in [4.69, 9.17) is 30.9 Å². The molecule has 2 heterocycles. The molecule has 1 aromatic carbocycles. The van der Waals surface area contributed by atoms with Crippen LogP contribution in [-0.4, -0.2) is 47.9 Å². The van der Waals surface area contributed by atoms with E-state index < -0.39 is 12.6 Å². The van der Waals surface area contributed by atoms with Gasteiger partial charge in [0.15, 0.2) is 6.61 Å². The summed E-state index contributed by atoms with van der Waals surface area (Å²) in [6, 6.07) is 7.65. The van der Waals surface area contributed by atoms with E-state index >= 15 is 0 Å². The molecule has 1 unspecified atom stereocenters. The summed E-state index contributed by atoms with van der Waals surface area (Å²) >= 11 is 6.05. The Labute approximate surface area is 160 Å². The van der Waals surface area contributed by atoms with Crippen LogP contribution in [0.3, 0.4) is 0 Å². The molecule has 1 fully saturated rings. The third kappa shape index (κ3) is 5.32. The molecule has 0 saturated carbocycles. The monoisotopic (exact) mass is 392 g/mol. The van der Waals surface area contributed by atoms with Gasteiger partial charge in [-0.2, -0.15) is 0 Å².